The zero-order valence-electron chi connectivity index (χ0n) is 35.0. The molecule has 0 aromatic heterocycles. The quantitative estimate of drug-likeness (QED) is 0.178. The van der Waals surface area contributed by atoms with Gasteiger partial charge in [0.2, 0.25) is 23.4 Å². The van der Waals surface area contributed by atoms with E-state index in [9.17, 15) is 54.0 Å². The van der Waals surface area contributed by atoms with E-state index in [2.05, 4.69) is 10.6 Å². The number of aliphatic hydroxyl groups is 3. The molecule has 4 bridgehead atoms. The number of hydrogen-bond acceptors (Lipinski definition) is 13. The van der Waals surface area contributed by atoms with E-state index in [0.717, 1.165) is 13.2 Å². The summed E-state index contributed by atoms with van der Waals surface area (Å²) in [6.45, 7) is 10.7. The molecule has 4 rings (SSSR count). The number of nitrogens with one attached hydrogen (secondary N) is 2. The Morgan fingerprint density at radius 1 is 0.867 bits per heavy atom. The molecule has 14 nitrogen and oxygen atoms in total. The third kappa shape index (κ3) is 12.8. The van der Waals surface area contributed by atoms with Crippen LogP contribution in [0.4, 0.5) is 0 Å². The molecule has 0 radical (unpaired) electrons. The lowest BCUT2D eigenvalue weighted by Gasteiger charge is -2.25. The van der Waals surface area contributed by atoms with Crippen molar-refractivity contribution in [1.29, 1.82) is 0 Å². The van der Waals surface area contributed by atoms with Crippen LogP contribution in [0.1, 0.15) is 91.0 Å². The molecule has 1 aliphatic carbocycles. The van der Waals surface area contributed by atoms with Gasteiger partial charge in [-0.1, -0.05) is 75.5 Å². The van der Waals surface area contributed by atoms with Gasteiger partial charge in [0.25, 0.3) is 0 Å². The Morgan fingerprint density at radius 3 is 2.18 bits per heavy atom. The number of allylic oxidation sites excluding steroid dienone is 8. The molecule has 15 heteroatoms. The monoisotopic (exact) mass is 846 g/mol. The molecule has 2 heterocycles. The van der Waals surface area contributed by atoms with Gasteiger partial charge in [-0.05, 0) is 50.0 Å². The first kappa shape index (κ1) is 48.9. The SMILES string of the molecule is COC(=O)C(CSC1=C2NC(=O)C=CC=CC=CC(C)C(O)CC(=O)C(C)=CCC(O)C=CC(C)C(O)C(C)C=C(C)C(=O)c3c(O)c(C)cc(c3C1=O)C2=O)NC(C)=O. The maximum absolute atomic E-state index is 14.5. The Bertz CT molecular complexity index is 2110. The van der Waals surface area contributed by atoms with E-state index in [1.807, 2.05) is 0 Å². The molecular weight excluding hydrogens is 793 g/mol. The number of methoxy groups -OCH3 is 1. The Morgan fingerprint density at radius 2 is 1.53 bits per heavy atom. The van der Waals surface area contributed by atoms with Crippen molar-refractivity contribution in [2.45, 2.75) is 85.7 Å². The van der Waals surface area contributed by atoms with Crippen LogP contribution in [-0.4, -0.2) is 98.6 Å². The summed E-state index contributed by atoms with van der Waals surface area (Å²) in [7, 11) is 1.10. The lowest BCUT2D eigenvalue weighted by molar-refractivity contribution is -0.144. The third-order valence-corrected chi connectivity index (χ3v) is 11.2. The van der Waals surface area contributed by atoms with E-state index < -0.39 is 99.8 Å². The lowest BCUT2D eigenvalue weighted by atomic mass is 9.83. The van der Waals surface area contributed by atoms with Gasteiger partial charge in [0.1, 0.15) is 17.5 Å². The molecular formula is C45H54N2O12S. The molecule has 7 atom stereocenters. The van der Waals surface area contributed by atoms with Gasteiger partial charge in [0.15, 0.2) is 11.6 Å². The van der Waals surface area contributed by atoms with Crippen molar-refractivity contribution in [3.8, 4) is 5.75 Å². The van der Waals surface area contributed by atoms with Crippen LogP contribution < -0.4 is 10.6 Å². The summed E-state index contributed by atoms with van der Waals surface area (Å²) < 4.78 is 4.80. The summed E-state index contributed by atoms with van der Waals surface area (Å²) in [5.41, 5.74) is -1.17. The molecule has 1 aromatic rings. The first-order valence-electron chi connectivity index (χ1n) is 19.4. The molecule has 1 aromatic carbocycles. The van der Waals surface area contributed by atoms with Gasteiger partial charge in [0.05, 0.1) is 35.9 Å². The van der Waals surface area contributed by atoms with Crippen molar-refractivity contribution in [3.63, 3.8) is 0 Å². The molecule has 7 unspecified atom stereocenters. The fourth-order valence-electron chi connectivity index (χ4n) is 6.37. The number of fused-ring (bicyclic) bond motifs is 18. The van der Waals surface area contributed by atoms with Crippen LogP contribution in [0, 0.1) is 24.7 Å². The number of aromatic hydroxyl groups is 1. The molecule has 0 saturated carbocycles. The molecule has 3 aliphatic rings. The minimum absolute atomic E-state index is 0.0246. The van der Waals surface area contributed by atoms with Crippen LogP contribution in [0.2, 0.25) is 0 Å². The summed E-state index contributed by atoms with van der Waals surface area (Å²) in [6.07, 6.45) is 11.8. The number of ether oxygens (including phenoxy) is 1. The number of aliphatic hydroxyl groups excluding tert-OH is 3. The molecule has 6 N–H and O–H groups in total. The fourth-order valence-corrected chi connectivity index (χ4v) is 7.45. The van der Waals surface area contributed by atoms with Crippen LogP contribution in [0.5, 0.6) is 5.75 Å². The van der Waals surface area contributed by atoms with Crippen LogP contribution in [0.3, 0.4) is 0 Å². The van der Waals surface area contributed by atoms with Crippen LogP contribution in [-0.2, 0) is 23.9 Å². The Balaban J connectivity index is 2.20. The standard InChI is InChI=1S/C45H54N2O12S/c1-23-13-11-9-10-12-14-35(52)47-38-42(56)31-20-28(6)41(55)37(36(31)43(57)44(38)60-22-32(45(58)59-8)46-29(7)48)40(54)27(5)19-26(4)39(53)25(3)16-18-30(49)17-15-24(2)34(51)21-33(23)50/h9-16,18-20,23,25-26,30,32-33,39,49-50,53,55H,17,21-22H2,1-8H3,(H,46,48)(H,47,52). The number of thioether (sulfide) groups is 1. The predicted molar refractivity (Wildman–Crippen MR) is 227 cm³/mol. The second-order valence-corrected chi connectivity index (χ2v) is 16.0. The van der Waals surface area contributed by atoms with Crippen molar-refractivity contribution in [2.75, 3.05) is 12.9 Å². The topological polar surface area (TPSA) is 234 Å². The van der Waals surface area contributed by atoms with Gasteiger partial charge in [-0.15, -0.1) is 11.8 Å². The minimum atomic E-state index is -1.28. The van der Waals surface area contributed by atoms with Crippen molar-refractivity contribution in [2.24, 2.45) is 17.8 Å². The van der Waals surface area contributed by atoms with Gasteiger partial charge in [-0.2, -0.15) is 0 Å². The highest BCUT2D eigenvalue weighted by Gasteiger charge is 2.39. The summed E-state index contributed by atoms with van der Waals surface area (Å²) >= 11 is 0.651. The summed E-state index contributed by atoms with van der Waals surface area (Å²) in [4.78, 5) is 93.1. The zero-order chi connectivity index (χ0) is 45.0. The zero-order valence-corrected chi connectivity index (χ0v) is 35.8. The molecule has 0 saturated heterocycles. The van der Waals surface area contributed by atoms with E-state index in [0.29, 0.717) is 17.3 Å². The van der Waals surface area contributed by atoms with Crippen LogP contribution in [0.25, 0.3) is 0 Å². The Labute approximate surface area is 353 Å². The van der Waals surface area contributed by atoms with Crippen molar-refractivity contribution >= 4 is 52.7 Å². The number of phenols is 1. The number of benzene rings is 1. The summed E-state index contributed by atoms with van der Waals surface area (Å²) in [5.74, 6) is -7.71. The number of carbonyl (C=O) groups excluding carboxylic acids is 7. The molecule has 0 fully saturated rings. The molecule has 322 valence electrons. The van der Waals surface area contributed by atoms with Crippen molar-refractivity contribution < 1.29 is 58.7 Å². The number of hydrogen-bond donors (Lipinski definition) is 6. The van der Waals surface area contributed by atoms with Gasteiger partial charge in [-0.3, -0.25) is 28.8 Å². The van der Waals surface area contributed by atoms with Gasteiger partial charge in [-0.25, -0.2) is 4.79 Å². The Hall–Kier alpha value is -5.48. The molecule has 60 heavy (non-hydrogen) atoms. The minimum Gasteiger partial charge on any atom is -0.507 e. The van der Waals surface area contributed by atoms with Crippen molar-refractivity contribution in [3.05, 3.63) is 111 Å². The molecule has 2 amide bonds. The van der Waals surface area contributed by atoms with Gasteiger partial charge >= 0.3 is 5.97 Å². The second kappa shape index (κ2) is 22.2. The number of phenolic OH excluding ortho intramolecular Hbond substituents is 1. The van der Waals surface area contributed by atoms with Crippen molar-refractivity contribution in [1.82, 2.24) is 10.6 Å². The smallest absolute Gasteiger partial charge is 0.329 e. The number of esters is 1. The molecule has 2 aliphatic heterocycles. The lowest BCUT2D eigenvalue weighted by Crippen LogP contribution is -2.42. The number of amides is 2. The predicted octanol–water partition coefficient (Wildman–Crippen LogP) is 4.47. The van der Waals surface area contributed by atoms with E-state index >= 15 is 0 Å². The maximum Gasteiger partial charge on any atom is 0.329 e. The number of carbonyl (C=O) groups is 7. The number of Topliss-reactive ketones (excluding diaryl/α,β-unsaturated/α-hetero) is 4. The van der Waals surface area contributed by atoms with Gasteiger partial charge < -0.3 is 35.8 Å². The average Bonchev–Trinajstić information content (AvgIpc) is 3.20. The number of aryl methyl sites for hydroxylation is 1. The van der Waals surface area contributed by atoms with E-state index in [4.69, 9.17) is 4.74 Å². The van der Waals surface area contributed by atoms with E-state index in [1.54, 1.807) is 58.1 Å². The van der Waals surface area contributed by atoms with Crippen LogP contribution >= 0.6 is 11.8 Å². The highest BCUT2D eigenvalue weighted by molar-refractivity contribution is 8.04. The Kier molecular flexibility index (Phi) is 18.1. The normalized spacial score (nSPS) is 24.6. The van der Waals surface area contributed by atoms with Gasteiger partial charge in [0, 0.05) is 54.1 Å². The number of ketones is 4. The summed E-state index contributed by atoms with van der Waals surface area (Å²) in [5, 5.41) is 48.6. The summed E-state index contributed by atoms with van der Waals surface area (Å²) in [6, 6.07) is -0.0537. The van der Waals surface area contributed by atoms with E-state index in [-0.39, 0.29) is 46.0 Å². The first-order valence-corrected chi connectivity index (χ1v) is 20.3. The first-order chi connectivity index (χ1) is 28.2. The molecule has 0 spiro atoms. The average molecular weight is 847 g/mol. The highest BCUT2D eigenvalue weighted by atomic mass is 32.2. The van der Waals surface area contributed by atoms with E-state index in [1.165, 1.54) is 51.1 Å². The number of rotatable bonds is 5. The fraction of sp³-hybridized carbons (Fsp3) is 0.400. The van der Waals surface area contributed by atoms with Crippen LogP contribution in [0.15, 0.2) is 88.6 Å². The third-order valence-electron chi connectivity index (χ3n) is 10.0. The highest BCUT2D eigenvalue weighted by Crippen LogP contribution is 2.40. The second-order valence-electron chi connectivity index (χ2n) is 14.9. The maximum atomic E-state index is 14.5. The largest absolute Gasteiger partial charge is 0.507 e.